The fraction of sp³-hybridized carbons (Fsp3) is 0.343. The summed E-state index contributed by atoms with van der Waals surface area (Å²) in [4.78, 5) is 30.1. The summed E-state index contributed by atoms with van der Waals surface area (Å²) in [7, 11) is 0. The molecule has 3 aromatic carbocycles. The summed E-state index contributed by atoms with van der Waals surface area (Å²) in [6.07, 6.45) is 0.138. The van der Waals surface area contributed by atoms with Crippen LogP contribution in [0.3, 0.4) is 0 Å². The van der Waals surface area contributed by atoms with Crippen molar-refractivity contribution in [1.82, 2.24) is 15.1 Å². The van der Waals surface area contributed by atoms with E-state index < -0.39 is 12.3 Å². The molecule has 2 aliphatic rings. The lowest BCUT2D eigenvalue weighted by Crippen LogP contribution is -2.49. The van der Waals surface area contributed by atoms with Crippen LogP contribution in [0.4, 0.5) is 4.39 Å². The zero-order valence-electron chi connectivity index (χ0n) is 24.7. The Morgan fingerprint density at radius 3 is 2.45 bits per heavy atom. The first-order valence-electron chi connectivity index (χ1n) is 15.1. The Hall–Kier alpha value is -4.68. The number of aryl methyl sites for hydroxylation is 1. The Morgan fingerprint density at radius 1 is 1.00 bits per heavy atom. The molecule has 9 heteroatoms. The fourth-order valence-electron chi connectivity index (χ4n) is 5.90. The Bertz CT molecular complexity index is 1670. The molecule has 0 unspecified atom stereocenters. The number of likely N-dealkylation sites (tertiary alicyclic amines) is 2. The molecule has 2 atom stereocenters. The molecule has 2 amide bonds. The number of carbonyl (C=O) groups excluding carboxylic acids is 2. The van der Waals surface area contributed by atoms with Gasteiger partial charge in [0.2, 0.25) is 0 Å². The van der Waals surface area contributed by atoms with Gasteiger partial charge in [0.05, 0.1) is 18.2 Å². The van der Waals surface area contributed by atoms with Crippen LogP contribution in [0.25, 0.3) is 11.0 Å². The van der Waals surface area contributed by atoms with Crippen molar-refractivity contribution in [2.24, 2.45) is 0 Å². The standard InChI is InChI=1S/C35H35FN4O4/c1-23-2-9-29(10-3-23)43-32-14-17-40(22-30(32)36)35(42)26-8-11-31-27(18-26)19-33(44-31)34(41)38-28-12-15-39(16-13-28)21-25-6-4-24(20-37)5-7-25/h2-11,18-19,28,30,32H,12-17,21-22H2,1H3,(H,38,41)/t30-,32-/m0/s1. The second kappa shape index (κ2) is 12.9. The molecule has 2 fully saturated rings. The highest BCUT2D eigenvalue weighted by atomic mass is 19.1. The SMILES string of the molecule is Cc1ccc(O[C@H]2CCN(C(=O)c3ccc4oc(C(=O)NC5CCN(Cc6ccc(C#N)cc6)CC5)cc4c3)C[C@@H]2F)cc1. The number of carbonyl (C=O) groups is 2. The highest BCUT2D eigenvalue weighted by molar-refractivity contribution is 6.00. The minimum absolute atomic E-state index is 0.0385. The van der Waals surface area contributed by atoms with Crippen LogP contribution >= 0.6 is 0 Å². The number of ether oxygens (including phenoxy) is 1. The molecule has 0 bridgehead atoms. The first kappa shape index (κ1) is 29.4. The number of hydrogen-bond acceptors (Lipinski definition) is 6. The zero-order chi connectivity index (χ0) is 30.6. The summed E-state index contributed by atoms with van der Waals surface area (Å²) < 4.78 is 26.7. The predicted molar refractivity (Wildman–Crippen MR) is 164 cm³/mol. The van der Waals surface area contributed by atoms with E-state index in [1.165, 1.54) is 4.90 Å². The van der Waals surface area contributed by atoms with E-state index in [9.17, 15) is 9.59 Å². The number of fused-ring (bicyclic) bond motifs is 1. The first-order chi connectivity index (χ1) is 21.3. The number of rotatable bonds is 7. The van der Waals surface area contributed by atoms with Gasteiger partial charge < -0.3 is 19.4 Å². The maximum absolute atomic E-state index is 15.0. The summed E-state index contributed by atoms with van der Waals surface area (Å²) in [6.45, 7) is 4.84. The molecular formula is C35H35FN4O4. The van der Waals surface area contributed by atoms with Crippen molar-refractivity contribution in [1.29, 1.82) is 5.26 Å². The number of amides is 2. The van der Waals surface area contributed by atoms with E-state index in [0.717, 1.165) is 43.6 Å². The van der Waals surface area contributed by atoms with E-state index in [2.05, 4.69) is 16.3 Å². The molecule has 226 valence electrons. The van der Waals surface area contributed by atoms with Crippen LogP contribution in [0.2, 0.25) is 0 Å². The molecule has 0 spiro atoms. The van der Waals surface area contributed by atoms with E-state index in [1.54, 1.807) is 24.3 Å². The number of piperidine rings is 2. The fourth-order valence-corrected chi connectivity index (χ4v) is 5.90. The molecule has 0 saturated carbocycles. The third kappa shape index (κ3) is 6.76. The molecule has 2 saturated heterocycles. The van der Waals surface area contributed by atoms with Gasteiger partial charge in [0.15, 0.2) is 11.9 Å². The number of nitriles is 1. The molecule has 8 nitrogen and oxygen atoms in total. The number of alkyl halides is 1. The van der Waals surface area contributed by atoms with Crippen molar-refractivity contribution < 1.29 is 23.1 Å². The average molecular weight is 595 g/mol. The Labute approximate surface area is 256 Å². The Balaban J connectivity index is 1.01. The van der Waals surface area contributed by atoms with Crippen LogP contribution < -0.4 is 10.1 Å². The van der Waals surface area contributed by atoms with Gasteiger partial charge in [-0.3, -0.25) is 14.5 Å². The molecule has 0 radical (unpaired) electrons. The topological polar surface area (TPSA) is 98.8 Å². The lowest BCUT2D eigenvalue weighted by molar-refractivity contribution is 0.0202. The molecule has 6 rings (SSSR count). The third-order valence-corrected chi connectivity index (χ3v) is 8.48. The minimum atomic E-state index is -1.30. The molecule has 3 heterocycles. The van der Waals surface area contributed by atoms with Gasteiger partial charge in [-0.1, -0.05) is 29.8 Å². The van der Waals surface area contributed by atoms with E-state index in [0.29, 0.717) is 40.8 Å². The van der Waals surface area contributed by atoms with Gasteiger partial charge in [-0.2, -0.15) is 5.26 Å². The van der Waals surface area contributed by atoms with Crippen molar-refractivity contribution in [3.8, 4) is 11.8 Å². The van der Waals surface area contributed by atoms with Crippen molar-refractivity contribution in [2.45, 2.75) is 51.0 Å². The number of benzene rings is 3. The van der Waals surface area contributed by atoms with Gasteiger partial charge in [-0.05, 0) is 73.9 Å². The molecule has 0 aliphatic carbocycles. The summed E-state index contributed by atoms with van der Waals surface area (Å²) in [5, 5.41) is 12.7. The van der Waals surface area contributed by atoms with Crippen molar-refractivity contribution in [2.75, 3.05) is 26.2 Å². The monoisotopic (exact) mass is 594 g/mol. The van der Waals surface area contributed by atoms with Gasteiger partial charge in [0.1, 0.15) is 17.4 Å². The van der Waals surface area contributed by atoms with Gasteiger partial charge in [0.25, 0.3) is 11.8 Å². The third-order valence-electron chi connectivity index (χ3n) is 8.48. The second-order valence-electron chi connectivity index (χ2n) is 11.7. The summed E-state index contributed by atoms with van der Waals surface area (Å²) in [6, 6.07) is 24.0. The van der Waals surface area contributed by atoms with Gasteiger partial charge in [-0.15, -0.1) is 0 Å². The first-order valence-corrected chi connectivity index (χ1v) is 15.1. The predicted octanol–water partition coefficient (Wildman–Crippen LogP) is 5.64. The number of nitrogens with zero attached hydrogens (tertiary/aromatic N) is 3. The maximum atomic E-state index is 15.0. The van der Waals surface area contributed by atoms with Crippen LogP contribution in [0, 0.1) is 18.3 Å². The van der Waals surface area contributed by atoms with Crippen molar-refractivity contribution >= 4 is 22.8 Å². The van der Waals surface area contributed by atoms with Gasteiger partial charge in [0, 0.05) is 49.6 Å². The highest BCUT2D eigenvalue weighted by Gasteiger charge is 2.33. The quantitative estimate of drug-likeness (QED) is 0.298. The number of halogens is 1. The zero-order valence-corrected chi connectivity index (χ0v) is 24.7. The molecule has 4 aromatic rings. The maximum Gasteiger partial charge on any atom is 0.287 e. The van der Waals surface area contributed by atoms with Gasteiger partial charge >= 0.3 is 0 Å². The molecule has 44 heavy (non-hydrogen) atoms. The van der Waals surface area contributed by atoms with E-state index in [4.69, 9.17) is 14.4 Å². The van der Waals surface area contributed by atoms with Crippen LogP contribution in [-0.2, 0) is 6.54 Å². The summed E-state index contributed by atoms with van der Waals surface area (Å²) in [5.74, 6) is 0.278. The number of hydrogen-bond donors (Lipinski definition) is 1. The average Bonchev–Trinajstić information content (AvgIpc) is 3.48. The lowest BCUT2D eigenvalue weighted by atomic mass is 10.0. The highest BCUT2D eigenvalue weighted by Crippen LogP contribution is 2.26. The second-order valence-corrected chi connectivity index (χ2v) is 11.7. The van der Waals surface area contributed by atoms with Crippen molar-refractivity contribution in [3.63, 3.8) is 0 Å². The molecule has 1 N–H and O–H groups in total. The largest absolute Gasteiger partial charge is 0.487 e. The molecule has 2 aliphatic heterocycles. The summed E-state index contributed by atoms with van der Waals surface area (Å²) >= 11 is 0. The number of nitrogens with one attached hydrogen (secondary N) is 1. The van der Waals surface area contributed by atoms with Crippen LogP contribution in [-0.4, -0.2) is 66.1 Å². The van der Waals surface area contributed by atoms with Crippen LogP contribution in [0.1, 0.15) is 56.9 Å². The van der Waals surface area contributed by atoms with E-state index >= 15 is 4.39 Å². The van der Waals surface area contributed by atoms with Crippen LogP contribution in [0.15, 0.2) is 77.2 Å². The Morgan fingerprint density at radius 2 is 1.75 bits per heavy atom. The smallest absolute Gasteiger partial charge is 0.287 e. The summed E-state index contributed by atoms with van der Waals surface area (Å²) in [5.41, 5.74) is 3.85. The minimum Gasteiger partial charge on any atom is -0.487 e. The lowest BCUT2D eigenvalue weighted by Gasteiger charge is -2.34. The van der Waals surface area contributed by atoms with E-state index in [-0.39, 0.29) is 30.2 Å². The number of furan rings is 1. The normalized spacial score (nSPS) is 19.4. The van der Waals surface area contributed by atoms with Crippen molar-refractivity contribution in [3.05, 3.63) is 101 Å². The van der Waals surface area contributed by atoms with Crippen LogP contribution in [0.5, 0.6) is 5.75 Å². The Kier molecular flexibility index (Phi) is 8.62. The molecular weight excluding hydrogens is 559 g/mol. The van der Waals surface area contributed by atoms with E-state index in [1.807, 2.05) is 55.5 Å². The van der Waals surface area contributed by atoms with Gasteiger partial charge in [-0.25, -0.2) is 4.39 Å². The molecule has 1 aromatic heterocycles.